The number of methoxy groups -OCH3 is 1. The highest BCUT2D eigenvalue weighted by Gasteiger charge is 2.30. The smallest absolute Gasteiger partial charge is 0.325 e. The number of ether oxygens (including phenoxy) is 2. The molecule has 1 fully saturated rings. The third kappa shape index (κ3) is 9.91. The van der Waals surface area contributed by atoms with Crippen LogP contribution in [-0.2, 0) is 33.4 Å². The van der Waals surface area contributed by atoms with Gasteiger partial charge in [-0.15, -0.1) is 0 Å². The zero-order valence-electron chi connectivity index (χ0n) is 17.5. The minimum absolute atomic E-state index is 0.174. The van der Waals surface area contributed by atoms with Gasteiger partial charge in [0.05, 0.1) is 26.1 Å². The second kappa shape index (κ2) is 11.4. The molecule has 0 unspecified atom stereocenters. The van der Waals surface area contributed by atoms with E-state index in [1.165, 1.54) is 7.11 Å². The Balaban J connectivity index is 2.20. The zero-order chi connectivity index (χ0) is 22.0. The molecule has 0 atom stereocenters. The van der Waals surface area contributed by atoms with Gasteiger partial charge in [-0.05, 0) is 46.5 Å². The lowest BCUT2D eigenvalue weighted by Gasteiger charge is -2.25. The maximum absolute atomic E-state index is 12.1. The Kier molecular flexibility index (Phi) is 9.57. The fraction of sp³-hybridized carbons (Fsp3) is 0.737. The van der Waals surface area contributed by atoms with E-state index in [9.17, 15) is 24.0 Å². The molecule has 1 aliphatic rings. The monoisotopic (exact) mass is 413 g/mol. The quantitative estimate of drug-likeness (QED) is 0.462. The van der Waals surface area contributed by atoms with E-state index >= 15 is 0 Å². The normalized spacial score (nSPS) is 18.9. The second-order valence-electron chi connectivity index (χ2n) is 7.93. The van der Waals surface area contributed by atoms with Gasteiger partial charge in [-0.2, -0.15) is 0 Å². The summed E-state index contributed by atoms with van der Waals surface area (Å²) >= 11 is 0. The van der Waals surface area contributed by atoms with Crippen LogP contribution < -0.4 is 16.0 Å². The molecular formula is C19H31N3O7. The van der Waals surface area contributed by atoms with Gasteiger partial charge in [0.15, 0.2) is 0 Å². The van der Waals surface area contributed by atoms with Crippen LogP contribution in [0.2, 0.25) is 0 Å². The van der Waals surface area contributed by atoms with Crippen LogP contribution in [0.5, 0.6) is 0 Å². The Morgan fingerprint density at radius 2 is 1.28 bits per heavy atom. The summed E-state index contributed by atoms with van der Waals surface area (Å²) in [4.78, 5) is 58.6. The summed E-state index contributed by atoms with van der Waals surface area (Å²) in [5.74, 6) is -2.57. The van der Waals surface area contributed by atoms with Crippen LogP contribution in [0.3, 0.4) is 0 Å². The topological polar surface area (TPSA) is 140 Å². The standard InChI is InChI=1S/C19H31N3O7/c1-19(2,3)29-16(25)11-21-14(23)9-20-15(24)10-22-17(26)12-5-7-13(8-6-12)18(27)28-4/h12-13H,5-11H2,1-4H3,(H,20,24)(H,21,23)(H,22,26)/t12-,13-. The van der Waals surface area contributed by atoms with Gasteiger partial charge < -0.3 is 25.4 Å². The average Bonchev–Trinajstić information content (AvgIpc) is 2.67. The molecule has 29 heavy (non-hydrogen) atoms. The van der Waals surface area contributed by atoms with Crippen molar-refractivity contribution >= 4 is 29.7 Å². The Hall–Kier alpha value is -2.65. The first-order valence-corrected chi connectivity index (χ1v) is 9.62. The summed E-state index contributed by atoms with van der Waals surface area (Å²) in [6.45, 7) is 4.28. The Bertz CT molecular complexity index is 620. The van der Waals surface area contributed by atoms with Crippen molar-refractivity contribution in [3.05, 3.63) is 0 Å². The molecule has 0 bridgehead atoms. The fourth-order valence-electron chi connectivity index (χ4n) is 2.92. The summed E-state index contributed by atoms with van der Waals surface area (Å²) in [7, 11) is 1.34. The molecule has 0 spiro atoms. The Morgan fingerprint density at radius 3 is 1.79 bits per heavy atom. The molecule has 1 rings (SSSR count). The molecule has 0 aromatic rings. The van der Waals surface area contributed by atoms with Crippen LogP contribution >= 0.6 is 0 Å². The van der Waals surface area contributed by atoms with Crippen LogP contribution in [-0.4, -0.2) is 62.0 Å². The van der Waals surface area contributed by atoms with Crippen molar-refractivity contribution in [1.82, 2.24) is 16.0 Å². The van der Waals surface area contributed by atoms with Gasteiger partial charge in [-0.3, -0.25) is 24.0 Å². The molecule has 3 amide bonds. The van der Waals surface area contributed by atoms with Gasteiger partial charge in [-0.1, -0.05) is 0 Å². The number of amides is 3. The number of hydrogen-bond acceptors (Lipinski definition) is 7. The fourth-order valence-corrected chi connectivity index (χ4v) is 2.92. The summed E-state index contributed by atoms with van der Waals surface area (Å²) in [6.07, 6.45) is 2.27. The van der Waals surface area contributed by atoms with E-state index in [0.29, 0.717) is 25.7 Å². The van der Waals surface area contributed by atoms with Crippen LogP contribution in [0.15, 0.2) is 0 Å². The summed E-state index contributed by atoms with van der Waals surface area (Å²) in [5, 5.41) is 7.24. The first-order chi connectivity index (χ1) is 13.5. The number of nitrogens with one attached hydrogen (secondary N) is 3. The third-order valence-corrected chi connectivity index (χ3v) is 4.35. The van der Waals surface area contributed by atoms with Gasteiger partial charge in [-0.25, -0.2) is 0 Å². The molecule has 10 nitrogen and oxygen atoms in total. The maximum atomic E-state index is 12.1. The van der Waals surface area contributed by atoms with E-state index in [2.05, 4.69) is 16.0 Å². The molecule has 0 heterocycles. The molecule has 10 heteroatoms. The summed E-state index contributed by atoms with van der Waals surface area (Å²) in [6, 6.07) is 0. The van der Waals surface area contributed by atoms with Crippen LogP contribution in [0.1, 0.15) is 46.5 Å². The van der Waals surface area contributed by atoms with Crippen molar-refractivity contribution in [2.45, 2.75) is 52.1 Å². The zero-order valence-corrected chi connectivity index (χ0v) is 17.5. The van der Waals surface area contributed by atoms with Crippen LogP contribution in [0.4, 0.5) is 0 Å². The van der Waals surface area contributed by atoms with E-state index in [4.69, 9.17) is 9.47 Å². The average molecular weight is 413 g/mol. The molecule has 0 aliphatic heterocycles. The predicted molar refractivity (Wildman–Crippen MR) is 102 cm³/mol. The molecule has 0 saturated heterocycles. The summed E-state index contributed by atoms with van der Waals surface area (Å²) < 4.78 is 9.76. The predicted octanol–water partition coefficient (Wildman–Crippen LogP) is -0.344. The molecule has 3 N–H and O–H groups in total. The van der Waals surface area contributed by atoms with Crippen molar-refractivity contribution in [1.29, 1.82) is 0 Å². The third-order valence-electron chi connectivity index (χ3n) is 4.35. The number of esters is 2. The molecule has 0 radical (unpaired) electrons. The SMILES string of the molecule is COC(=O)[C@H]1CC[C@H](C(=O)NCC(=O)NCC(=O)NCC(=O)OC(C)(C)C)CC1. The van der Waals surface area contributed by atoms with E-state index in [1.807, 2.05) is 0 Å². The summed E-state index contributed by atoms with van der Waals surface area (Å²) in [5.41, 5.74) is -0.646. The van der Waals surface area contributed by atoms with Gasteiger partial charge >= 0.3 is 11.9 Å². The van der Waals surface area contributed by atoms with E-state index < -0.39 is 23.4 Å². The van der Waals surface area contributed by atoms with Crippen LogP contribution in [0.25, 0.3) is 0 Å². The van der Waals surface area contributed by atoms with E-state index in [-0.39, 0.29) is 43.3 Å². The van der Waals surface area contributed by atoms with Crippen molar-refractivity contribution in [3.8, 4) is 0 Å². The van der Waals surface area contributed by atoms with Crippen molar-refractivity contribution in [2.24, 2.45) is 11.8 Å². The minimum Gasteiger partial charge on any atom is -0.469 e. The Morgan fingerprint density at radius 1 is 0.793 bits per heavy atom. The van der Waals surface area contributed by atoms with Gasteiger partial charge in [0.25, 0.3) is 0 Å². The molecule has 0 aromatic heterocycles. The molecular weight excluding hydrogens is 382 g/mol. The van der Waals surface area contributed by atoms with E-state index in [1.54, 1.807) is 20.8 Å². The highest BCUT2D eigenvalue weighted by Crippen LogP contribution is 2.29. The number of carbonyl (C=O) groups is 5. The van der Waals surface area contributed by atoms with E-state index in [0.717, 1.165) is 0 Å². The lowest BCUT2D eigenvalue weighted by molar-refractivity contribution is -0.154. The number of hydrogen-bond donors (Lipinski definition) is 3. The van der Waals surface area contributed by atoms with Gasteiger partial charge in [0.1, 0.15) is 12.1 Å². The second-order valence-corrected chi connectivity index (χ2v) is 7.93. The van der Waals surface area contributed by atoms with Gasteiger partial charge in [0.2, 0.25) is 17.7 Å². The molecule has 1 aliphatic carbocycles. The first kappa shape index (κ1) is 24.4. The van der Waals surface area contributed by atoms with Crippen molar-refractivity contribution < 1.29 is 33.4 Å². The number of rotatable bonds is 8. The molecule has 0 aromatic carbocycles. The molecule has 164 valence electrons. The first-order valence-electron chi connectivity index (χ1n) is 9.62. The highest BCUT2D eigenvalue weighted by molar-refractivity contribution is 5.89. The lowest BCUT2D eigenvalue weighted by Crippen LogP contribution is -2.44. The maximum Gasteiger partial charge on any atom is 0.325 e. The number of carbonyl (C=O) groups excluding carboxylic acids is 5. The minimum atomic E-state index is -0.646. The lowest BCUT2D eigenvalue weighted by atomic mass is 9.81. The van der Waals surface area contributed by atoms with Gasteiger partial charge in [0, 0.05) is 5.92 Å². The van der Waals surface area contributed by atoms with Crippen molar-refractivity contribution in [2.75, 3.05) is 26.7 Å². The van der Waals surface area contributed by atoms with Crippen LogP contribution in [0, 0.1) is 11.8 Å². The highest BCUT2D eigenvalue weighted by atomic mass is 16.6. The Labute approximate surface area is 170 Å². The molecule has 1 saturated carbocycles. The largest absolute Gasteiger partial charge is 0.469 e. The van der Waals surface area contributed by atoms with Crippen molar-refractivity contribution in [3.63, 3.8) is 0 Å².